The van der Waals surface area contributed by atoms with Gasteiger partial charge in [-0.15, -0.1) is 11.3 Å². The van der Waals surface area contributed by atoms with E-state index in [2.05, 4.69) is 6.07 Å². The average Bonchev–Trinajstić information content (AvgIpc) is 2.93. The molecule has 0 unspecified atom stereocenters. The number of halogens is 1. The zero-order valence-corrected chi connectivity index (χ0v) is 12.7. The Morgan fingerprint density at radius 3 is 2.55 bits per heavy atom. The molecule has 0 aliphatic heterocycles. The van der Waals surface area contributed by atoms with E-state index in [-0.39, 0.29) is 12.4 Å². The first-order valence-corrected chi connectivity index (χ1v) is 7.59. The van der Waals surface area contributed by atoms with Gasteiger partial charge in [-0.05, 0) is 36.2 Å². The minimum absolute atomic E-state index is 0.0726. The number of rotatable bonds is 6. The third-order valence-electron chi connectivity index (χ3n) is 3.03. The lowest BCUT2D eigenvalue weighted by molar-refractivity contribution is -0.0288. The van der Waals surface area contributed by atoms with Gasteiger partial charge in [0.05, 0.1) is 6.54 Å². The summed E-state index contributed by atoms with van der Waals surface area (Å²) in [6, 6.07) is 9.72. The minimum atomic E-state index is -0.873. The molecule has 6 heteroatoms. The zero-order valence-electron chi connectivity index (χ0n) is 11.9. The van der Waals surface area contributed by atoms with E-state index in [0.29, 0.717) is 5.06 Å². The summed E-state index contributed by atoms with van der Waals surface area (Å²) in [5, 5.41) is 9.54. The molecule has 0 bridgehead atoms. The Morgan fingerprint density at radius 1 is 1.18 bits per heavy atom. The van der Waals surface area contributed by atoms with Crippen molar-refractivity contribution < 1.29 is 14.4 Å². The number of primary amides is 1. The van der Waals surface area contributed by atoms with Gasteiger partial charge in [-0.3, -0.25) is 5.21 Å². The fraction of sp³-hybridized carbons (Fsp3) is 0.188. The smallest absolute Gasteiger partial charge is 0.338 e. The Bertz CT molecular complexity index is 652. The molecule has 1 aromatic heterocycles. The maximum absolute atomic E-state index is 12.9. The molecule has 3 N–H and O–H groups in total. The molecule has 0 atom stereocenters. The highest BCUT2D eigenvalue weighted by molar-refractivity contribution is 7.12. The highest BCUT2D eigenvalue weighted by Gasteiger charge is 2.03. The number of nitrogens with zero attached hydrogens (tertiary/aromatic N) is 1. The largest absolute Gasteiger partial charge is 0.350 e. The number of hydrogen-bond donors (Lipinski definition) is 2. The Morgan fingerprint density at radius 2 is 1.86 bits per heavy atom. The standard InChI is InChI=1S/C16H17FN2O2S/c17-13-6-4-12(5-7-13)11-15-9-8-14(22-15)3-1-2-10-19(21)16(18)20/h1-2,4-9,21H,3,10-11H2,(H2,18,20)/b2-1-. The molecular formula is C16H17FN2O2S. The van der Waals surface area contributed by atoms with Gasteiger partial charge in [0.2, 0.25) is 0 Å². The van der Waals surface area contributed by atoms with Crippen LogP contribution >= 0.6 is 11.3 Å². The Balaban J connectivity index is 1.85. The summed E-state index contributed by atoms with van der Waals surface area (Å²) >= 11 is 1.68. The van der Waals surface area contributed by atoms with Crippen LogP contribution in [0.1, 0.15) is 15.3 Å². The van der Waals surface area contributed by atoms with Crippen LogP contribution in [-0.4, -0.2) is 22.8 Å². The number of urea groups is 1. The number of amides is 2. The van der Waals surface area contributed by atoms with E-state index in [0.717, 1.165) is 18.4 Å². The molecule has 0 saturated carbocycles. The molecule has 0 saturated heterocycles. The highest BCUT2D eigenvalue weighted by atomic mass is 32.1. The van der Waals surface area contributed by atoms with Crippen molar-refractivity contribution in [3.05, 3.63) is 69.7 Å². The summed E-state index contributed by atoms with van der Waals surface area (Å²) < 4.78 is 12.9. The molecule has 0 aliphatic rings. The first-order valence-electron chi connectivity index (χ1n) is 6.77. The number of thiophene rings is 1. The molecule has 2 rings (SSSR count). The van der Waals surface area contributed by atoms with Crippen molar-refractivity contribution in [1.82, 2.24) is 5.06 Å². The number of allylic oxidation sites excluding steroid dienone is 1. The highest BCUT2D eigenvalue weighted by Crippen LogP contribution is 2.20. The Labute approximate surface area is 132 Å². The van der Waals surface area contributed by atoms with Crippen molar-refractivity contribution in [2.75, 3.05) is 6.54 Å². The van der Waals surface area contributed by atoms with E-state index in [9.17, 15) is 9.18 Å². The minimum Gasteiger partial charge on any atom is -0.350 e. The first-order chi connectivity index (χ1) is 10.5. The summed E-state index contributed by atoms with van der Waals surface area (Å²) in [5.74, 6) is -0.227. The summed E-state index contributed by atoms with van der Waals surface area (Å²) in [6.07, 6.45) is 5.06. The molecule has 2 amide bonds. The molecule has 1 heterocycles. The molecular weight excluding hydrogens is 303 g/mol. The summed E-state index contributed by atoms with van der Waals surface area (Å²) in [6.45, 7) is 0.0726. The number of hydrogen-bond acceptors (Lipinski definition) is 3. The van der Waals surface area contributed by atoms with Crippen LogP contribution in [-0.2, 0) is 12.8 Å². The number of carbonyl (C=O) groups excluding carboxylic acids is 1. The van der Waals surface area contributed by atoms with Gasteiger partial charge < -0.3 is 5.73 Å². The lowest BCUT2D eigenvalue weighted by Crippen LogP contribution is -2.32. The number of carbonyl (C=O) groups is 1. The molecule has 0 radical (unpaired) electrons. The zero-order chi connectivity index (χ0) is 15.9. The van der Waals surface area contributed by atoms with Crippen LogP contribution in [0.3, 0.4) is 0 Å². The average molecular weight is 320 g/mol. The van der Waals surface area contributed by atoms with Crippen molar-refractivity contribution in [3.8, 4) is 0 Å². The van der Waals surface area contributed by atoms with E-state index in [1.165, 1.54) is 21.9 Å². The van der Waals surface area contributed by atoms with E-state index in [1.54, 1.807) is 29.5 Å². The third kappa shape index (κ3) is 4.98. The van der Waals surface area contributed by atoms with Gasteiger partial charge in [-0.1, -0.05) is 24.3 Å². The SMILES string of the molecule is NC(=O)N(O)C/C=C\Cc1ccc(Cc2ccc(F)cc2)s1. The fourth-order valence-electron chi connectivity index (χ4n) is 1.89. The van der Waals surface area contributed by atoms with Gasteiger partial charge in [0.15, 0.2) is 0 Å². The number of nitrogens with two attached hydrogens (primary N) is 1. The van der Waals surface area contributed by atoms with Gasteiger partial charge >= 0.3 is 6.03 Å². The molecule has 0 aliphatic carbocycles. The van der Waals surface area contributed by atoms with Crippen molar-refractivity contribution in [3.63, 3.8) is 0 Å². The van der Waals surface area contributed by atoms with Crippen LogP contribution in [0.4, 0.5) is 9.18 Å². The lowest BCUT2D eigenvalue weighted by atomic mass is 10.1. The molecule has 116 valence electrons. The fourth-order valence-corrected chi connectivity index (χ4v) is 2.92. The normalized spacial score (nSPS) is 11.0. The number of benzene rings is 1. The molecule has 4 nitrogen and oxygen atoms in total. The van der Waals surface area contributed by atoms with Gasteiger partial charge in [-0.25, -0.2) is 14.2 Å². The van der Waals surface area contributed by atoms with Crippen molar-refractivity contribution >= 4 is 17.4 Å². The van der Waals surface area contributed by atoms with Crippen molar-refractivity contribution in [2.24, 2.45) is 5.73 Å². The van der Waals surface area contributed by atoms with Gasteiger partial charge in [0, 0.05) is 16.2 Å². The molecule has 1 aromatic carbocycles. The van der Waals surface area contributed by atoms with Crippen molar-refractivity contribution in [1.29, 1.82) is 0 Å². The molecule has 22 heavy (non-hydrogen) atoms. The maximum atomic E-state index is 12.9. The van der Waals surface area contributed by atoms with Gasteiger partial charge in [-0.2, -0.15) is 0 Å². The predicted molar refractivity (Wildman–Crippen MR) is 84.4 cm³/mol. The first kappa shape index (κ1) is 16.2. The Kier molecular flexibility index (Phi) is 5.68. The van der Waals surface area contributed by atoms with Crippen LogP contribution in [0.15, 0.2) is 48.6 Å². The number of hydroxylamine groups is 2. The van der Waals surface area contributed by atoms with Crippen LogP contribution < -0.4 is 5.73 Å². The summed E-state index contributed by atoms with van der Waals surface area (Å²) in [4.78, 5) is 13.0. The molecule has 0 spiro atoms. The second-order valence-corrected chi connectivity index (χ2v) is 6.02. The van der Waals surface area contributed by atoms with Crippen LogP contribution in [0.25, 0.3) is 0 Å². The maximum Gasteiger partial charge on any atom is 0.338 e. The van der Waals surface area contributed by atoms with Gasteiger partial charge in [0.25, 0.3) is 0 Å². The monoisotopic (exact) mass is 320 g/mol. The quantitative estimate of drug-likeness (QED) is 0.487. The van der Waals surface area contributed by atoms with E-state index in [4.69, 9.17) is 10.9 Å². The van der Waals surface area contributed by atoms with E-state index in [1.807, 2.05) is 12.1 Å². The van der Waals surface area contributed by atoms with Gasteiger partial charge in [0.1, 0.15) is 5.82 Å². The van der Waals surface area contributed by atoms with E-state index < -0.39 is 6.03 Å². The third-order valence-corrected chi connectivity index (χ3v) is 4.13. The lowest BCUT2D eigenvalue weighted by Gasteiger charge is -2.07. The van der Waals surface area contributed by atoms with Crippen molar-refractivity contribution in [2.45, 2.75) is 12.8 Å². The molecule has 0 fully saturated rings. The predicted octanol–water partition coefficient (Wildman–Crippen LogP) is 3.35. The summed E-state index contributed by atoms with van der Waals surface area (Å²) in [5.41, 5.74) is 5.97. The summed E-state index contributed by atoms with van der Waals surface area (Å²) in [7, 11) is 0. The van der Waals surface area contributed by atoms with E-state index >= 15 is 0 Å². The Hall–Kier alpha value is -2.18. The molecule has 2 aromatic rings. The topological polar surface area (TPSA) is 66.6 Å². The van der Waals surface area contributed by atoms with Crippen LogP contribution in [0.2, 0.25) is 0 Å². The van der Waals surface area contributed by atoms with Crippen LogP contribution in [0, 0.1) is 5.82 Å². The second kappa shape index (κ2) is 7.72. The second-order valence-electron chi connectivity index (χ2n) is 4.77. The van der Waals surface area contributed by atoms with Crippen LogP contribution in [0.5, 0.6) is 0 Å².